The highest BCUT2D eigenvalue weighted by atomic mass is 16.7. The number of likely N-dealkylation sites (tertiary alicyclic amines) is 1. The maximum Gasteiger partial charge on any atom is 0.340 e. The predicted molar refractivity (Wildman–Crippen MR) is 109 cm³/mol. The summed E-state index contributed by atoms with van der Waals surface area (Å²) in [6.45, 7) is 17.9. The van der Waals surface area contributed by atoms with Gasteiger partial charge in [-0.05, 0) is 17.3 Å². The Balaban J connectivity index is 2.48. The lowest BCUT2D eigenvalue weighted by molar-refractivity contribution is -1.01. The van der Waals surface area contributed by atoms with Gasteiger partial charge in [-0.25, -0.2) is 9.63 Å². The largest absolute Gasteiger partial charge is 0.510 e. The molecule has 1 aromatic rings. The smallest absolute Gasteiger partial charge is 0.340 e. The lowest BCUT2D eigenvalue weighted by atomic mass is 9.78. The number of aromatic hydroxyl groups is 1. The summed E-state index contributed by atoms with van der Waals surface area (Å²) in [5, 5.41) is 10.9. The molecule has 1 unspecified atom stereocenters. The first-order chi connectivity index (χ1) is 12.4. The number of carbonyl (C=O) groups is 1. The van der Waals surface area contributed by atoms with Gasteiger partial charge >= 0.3 is 5.91 Å². The number of benzene rings is 1. The average molecular weight is 376 g/mol. The lowest BCUT2D eigenvalue weighted by Crippen LogP contribution is -2.47. The fourth-order valence-electron chi connectivity index (χ4n) is 3.58. The Labute approximate surface area is 165 Å². The molecule has 0 aliphatic carbocycles. The van der Waals surface area contributed by atoms with Gasteiger partial charge in [0.25, 0.3) is 0 Å². The number of phenols is 1. The van der Waals surface area contributed by atoms with Crippen LogP contribution in [0.15, 0.2) is 12.1 Å². The van der Waals surface area contributed by atoms with Gasteiger partial charge in [-0.1, -0.05) is 66.0 Å². The fourth-order valence-corrected chi connectivity index (χ4v) is 3.58. The minimum absolute atomic E-state index is 0.0298. The number of hydroxylamine groups is 3. The van der Waals surface area contributed by atoms with E-state index in [2.05, 4.69) is 48.5 Å². The SMILES string of the molecule is CCCCO[N+]1([CH-]c2cc(C(C)(C)C)c(O)c(C(C)(C)C)c2)CCCC1=O. The molecule has 0 bridgehead atoms. The molecule has 1 heterocycles. The summed E-state index contributed by atoms with van der Waals surface area (Å²) in [7, 11) is 0. The van der Waals surface area contributed by atoms with E-state index in [0.717, 1.165) is 36.0 Å². The molecule has 1 aliphatic rings. The Morgan fingerprint density at radius 3 is 2.07 bits per heavy atom. The molecule has 4 nitrogen and oxygen atoms in total. The summed E-state index contributed by atoms with van der Waals surface area (Å²) in [4.78, 5) is 18.8. The van der Waals surface area contributed by atoms with Crippen molar-refractivity contribution in [3.63, 3.8) is 0 Å². The van der Waals surface area contributed by atoms with Gasteiger partial charge in [-0.15, -0.1) is 10.2 Å². The zero-order valence-corrected chi connectivity index (χ0v) is 18.2. The van der Waals surface area contributed by atoms with Gasteiger partial charge in [0.05, 0.1) is 12.2 Å². The van der Waals surface area contributed by atoms with Gasteiger partial charge < -0.3 is 5.11 Å². The normalized spacial score (nSPS) is 20.9. The number of nitrogens with zero attached hydrogens (tertiary/aromatic N) is 1. The van der Waals surface area contributed by atoms with Crippen LogP contribution in [0.3, 0.4) is 0 Å². The third-order valence-corrected chi connectivity index (χ3v) is 5.23. The van der Waals surface area contributed by atoms with Crippen molar-refractivity contribution < 1.29 is 19.4 Å². The van der Waals surface area contributed by atoms with Gasteiger partial charge in [-0.2, -0.15) is 12.1 Å². The average Bonchev–Trinajstić information content (AvgIpc) is 2.88. The van der Waals surface area contributed by atoms with Gasteiger partial charge in [0.15, 0.2) is 0 Å². The van der Waals surface area contributed by atoms with E-state index in [4.69, 9.17) is 4.84 Å². The quantitative estimate of drug-likeness (QED) is 0.413. The molecule has 1 saturated heterocycles. The molecule has 1 aliphatic heterocycles. The first-order valence-electron chi connectivity index (χ1n) is 10.2. The second kappa shape index (κ2) is 7.84. The summed E-state index contributed by atoms with van der Waals surface area (Å²) >= 11 is 0. The van der Waals surface area contributed by atoms with Gasteiger partial charge in [0.2, 0.25) is 0 Å². The summed E-state index contributed by atoms with van der Waals surface area (Å²) < 4.78 is -0.0298. The Hall–Kier alpha value is -1.52. The molecule has 1 atom stereocenters. The van der Waals surface area contributed by atoms with Crippen LogP contribution in [-0.4, -0.2) is 28.8 Å². The molecule has 2 rings (SSSR count). The van der Waals surface area contributed by atoms with Crippen molar-refractivity contribution in [1.82, 2.24) is 0 Å². The highest BCUT2D eigenvalue weighted by molar-refractivity contribution is 5.70. The summed E-state index contributed by atoms with van der Waals surface area (Å²) in [6, 6.07) is 4.03. The van der Waals surface area contributed by atoms with Crippen LogP contribution in [0.2, 0.25) is 0 Å². The highest BCUT2D eigenvalue weighted by Crippen LogP contribution is 2.41. The molecule has 27 heavy (non-hydrogen) atoms. The molecule has 1 N–H and O–H groups in total. The topological polar surface area (TPSA) is 46.5 Å². The monoisotopic (exact) mass is 375 g/mol. The first-order valence-corrected chi connectivity index (χ1v) is 10.2. The van der Waals surface area contributed by atoms with Crippen molar-refractivity contribution in [1.29, 1.82) is 0 Å². The Kier molecular flexibility index (Phi) is 6.33. The van der Waals surface area contributed by atoms with Crippen molar-refractivity contribution >= 4 is 5.91 Å². The Morgan fingerprint density at radius 1 is 1.11 bits per heavy atom. The van der Waals surface area contributed by atoms with E-state index in [0.29, 0.717) is 25.3 Å². The summed E-state index contributed by atoms with van der Waals surface area (Å²) in [5.41, 5.74) is 2.35. The van der Waals surface area contributed by atoms with Crippen LogP contribution in [0.25, 0.3) is 0 Å². The molecule has 1 amide bonds. The molecule has 0 saturated carbocycles. The van der Waals surface area contributed by atoms with Crippen LogP contribution < -0.4 is 0 Å². The number of carbonyl (C=O) groups excluding carboxylic acids is 1. The number of amides is 1. The molecule has 1 aromatic carbocycles. The molecular weight excluding hydrogens is 338 g/mol. The van der Waals surface area contributed by atoms with E-state index in [9.17, 15) is 9.90 Å². The minimum Gasteiger partial charge on any atom is -0.510 e. The van der Waals surface area contributed by atoms with Crippen molar-refractivity contribution in [3.05, 3.63) is 35.4 Å². The number of hydrogen-bond donors (Lipinski definition) is 1. The van der Waals surface area contributed by atoms with E-state index >= 15 is 0 Å². The fraction of sp³-hybridized carbons (Fsp3) is 0.652. The summed E-state index contributed by atoms with van der Waals surface area (Å²) in [6.07, 6.45) is 3.38. The molecule has 1 fully saturated rings. The molecule has 152 valence electrons. The zero-order chi connectivity index (χ0) is 20.5. The maximum atomic E-state index is 12.7. The second-order valence-corrected chi connectivity index (χ2v) is 9.80. The maximum absolute atomic E-state index is 12.7. The summed E-state index contributed by atoms with van der Waals surface area (Å²) in [5.74, 6) is 0.479. The lowest BCUT2D eigenvalue weighted by Gasteiger charge is -2.36. The third-order valence-electron chi connectivity index (χ3n) is 5.23. The van der Waals surface area contributed by atoms with Crippen LogP contribution in [0.1, 0.15) is 90.8 Å². The zero-order valence-electron chi connectivity index (χ0n) is 18.2. The van der Waals surface area contributed by atoms with Crippen LogP contribution in [0.5, 0.6) is 5.75 Å². The van der Waals surface area contributed by atoms with Gasteiger partial charge in [0, 0.05) is 13.0 Å². The number of hydrogen-bond acceptors (Lipinski definition) is 3. The van der Waals surface area contributed by atoms with Gasteiger partial charge in [0.1, 0.15) is 13.2 Å². The molecule has 0 spiro atoms. The van der Waals surface area contributed by atoms with E-state index < -0.39 is 0 Å². The van der Waals surface area contributed by atoms with Gasteiger partial charge in [-0.3, -0.25) is 0 Å². The third kappa shape index (κ3) is 4.85. The van der Waals surface area contributed by atoms with Crippen molar-refractivity contribution in [2.45, 2.75) is 85.0 Å². The number of phenolic OH excluding ortho intramolecular Hbond substituents is 1. The van der Waals surface area contributed by atoms with Crippen LogP contribution >= 0.6 is 0 Å². The molecule has 4 heteroatoms. The standard InChI is InChI=1S/C23H37NO3/c1-8-9-13-27-24(12-10-11-20(24)25)16-17-14-18(22(2,3)4)21(26)19(15-17)23(5,6)7/h14-16,26H,8-13H2,1-7H3. The minimum atomic E-state index is -0.198. The number of quaternary nitrogens is 1. The highest BCUT2D eigenvalue weighted by Gasteiger charge is 2.42. The van der Waals surface area contributed by atoms with Crippen LogP contribution in [0, 0.1) is 6.54 Å². The van der Waals surface area contributed by atoms with Crippen LogP contribution in [0.4, 0.5) is 0 Å². The van der Waals surface area contributed by atoms with Crippen molar-refractivity contribution in [2.75, 3.05) is 13.2 Å². The van der Waals surface area contributed by atoms with Crippen molar-refractivity contribution in [2.24, 2.45) is 0 Å². The van der Waals surface area contributed by atoms with Crippen LogP contribution in [-0.2, 0) is 20.5 Å². The van der Waals surface area contributed by atoms with E-state index in [-0.39, 0.29) is 21.4 Å². The van der Waals surface area contributed by atoms with Crippen molar-refractivity contribution in [3.8, 4) is 5.75 Å². The van der Waals surface area contributed by atoms with E-state index in [1.807, 2.05) is 18.7 Å². The first kappa shape index (κ1) is 21.8. The molecular formula is C23H37NO3. The van der Waals surface area contributed by atoms with E-state index in [1.54, 1.807) is 0 Å². The Bertz CT molecular complexity index is 647. The second-order valence-electron chi connectivity index (χ2n) is 9.80. The Morgan fingerprint density at radius 2 is 1.67 bits per heavy atom. The predicted octanol–water partition coefficient (Wildman–Crippen LogP) is 5.37. The van der Waals surface area contributed by atoms with E-state index in [1.165, 1.54) is 0 Å². The number of unbranched alkanes of at least 4 members (excludes halogenated alkanes) is 1. The molecule has 0 radical (unpaired) electrons. The molecule has 0 aromatic heterocycles. The number of rotatable bonds is 6.